The zero-order chi connectivity index (χ0) is 16.4. The Balaban J connectivity index is 3.40. The van der Waals surface area contributed by atoms with Crippen LogP contribution in [0.1, 0.15) is 26.3 Å². The number of methoxy groups -OCH3 is 1. The summed E-state index contributed by atoms with van der Waals surface area (Å²) >= 11 is 0. The molecule has 21 heavy (non-hydrogen) atoms. The summed E-state index contributed by atoms with van der Waals surface area (Å²) in [4.78, 5) is 24.1. The van der Waals surface area contributed by atoms with E-state index in [1.54, 1.807) is 20.8 Å². The monoisotopic (exact) mass is 301 g/mol. The molecule has 0 fully saturated rings. The lowest BCUT2D eigenvalue weighted by atomic mass is 9.90. The predicted molar refractivity (Wildman–Crippen MR) is 70.1 cm³/mol. The van der Waals surface area contributed by atoms with Crippen LogP contribution in [0.4, 0.5) is 8.78 Å². The van der Waals surface area contributed by atoms with Crippen molar-refractivity contribution in [1.29, 1.82) is 0 Å². The first-order valence-corrected chi connectivity index (χ1v) is 6.08. The molecule has 0 aromatic heterocycles. The number of rotatable bonds is 3. The van der Waals surface area contributed by atoms with Crippen molar-refractivity contribution in [3.05, 3.63) is 35.4 Å². The van der Waals surface area contributed by atoms with E-state index in [1.165, 1.54) is 0 Å². The first kappa shape index (κ1) is 17.0. The van der Waals surface area contributed by atoms with Crippen LogP contribution < -0.4 is 5.73 Å². The molecule has 7 heteroatoms. The fourth-order valence-electron chi connectivity index (χ4n) is 1.63. The third kappa shape index (κ3) is 3.55. The van der Waals surface area contributed by atoms with Crippen LogP contribution in [0.15, 0.2) is 18.2 Å². The Morgan fingerprint density at radius 3 is 2.14 bits per heavy atom. The topological polar surface area (TPSA) is 78.6 Å². The third-order valence-corrected chi connectivity index (χ3v) is 2.58. The molecule has 5 nitrogen and oxygen atoms in total. The Labute approximate surface area is 121 Å². The van der Waals surface area contributed by atoms with Crippen LogP contribution >= 0.6 is 0 Å². The van der Waals surface area contributed by atoms with Crippen molar-refractivity contribution in [3.8, 4) is 0 Å². The first-order chi connectivity index (χ1) is 9.52. The summed E-state index contributed by atoms with van der Waals surface area (Å²) in [6.45, 7) is 4.68. The molecule has 0 radical (unpaired) electrons. The van der Waals surface area contributed by atoms with Gasteiger partial charge in [-0.3, -0.25) is 0 Å². The minimum absolute atomic E-state index is 0.518. The minimum atomic E-state index is -2.51. The number of halogens is 2. The Bertz CT molecular complexity index is 569. The lowest BCUT2D eigenvalue weighted by molar-refractivity contribution is -0.171. The zero-order valence-electron chi connectivity index (χ0n) is 12.2. The summed E-state index contributed by atoms with van der Waals surface area (Å²) in [6.07, 6.45) is 0. The van der Waals surface area contributed by atoms with E-state index in [9.17, 15) is 18.4 Å². The molecule has 0 aliphatic rings. The van der Waals surface area contributed by atoms with Gasteiger partial charge in [0.1, 0.15) is 17.2 Å². The second kappa shape index (κ2) is 5.77. The molecule has 0 saturated heterocycles. The molecule has 0 spiro atoms. The molecule has 0 amide bonds. The quantitative estimate of drug-likeness (QED) is 0.678. The number of hydrogen-bond donors (Lipinski definition) is 1. The van der Waals surface area contributed by atoms with Gasteiger partial charge in [-0.2, -0.15) is 0 Å². The average Bonchev–Trinajstić information content (AvgIpc) is 2.34. The van der Waals surface area contributed by atoms with E-state index >= 15 is 0 Å². The Kier molecular flexibility index (Phi) is 4.68. The van der Waals surface area contributed by atoms with Crippen molar-refractivity contribution in [3.63, 3.8) is 0 Å². The van der Waals surface area contributed by atoms with Crippen LogP contribution in [0, 0.1) is 11.6 Å². The summed E-state index contributed by atoms with van der Waals surface area (Å²) in [5.74, 6) is -4.41. The van der Waals surface area contributed by atoms with E-state index in [-0.39, 0.29) is 0 Å². The number of esters is 2. The van der Waals surface area contributed by atoms with Crippen LogP contribution in [0.3, 0.4) is 0 Å². The predicted octanol–water partition coefficient (Wildman–Crippen LogP) is 1.63. The number of ether oxygens (including phenoxy) is 2. The first-order valence-electron chi connectivity index (χ1n) is 6.08. The molecule has 0 heterocycles. The van der Waals surface area contributed by atoms with Gasteiger partial charge in [-0.1, -0.05) is 6.07 Å². The van der Waals surface area contributed by atoms with Crippen LogP contribution in [0.2, 0.25) is 0 Å². The fraction of sp³-hybridized carbons (Fsp3) is 0.429. The summed E-state index contributed by atoms with van der Waals surface area (Å²) in [5.41, 5.74) is 1.77. The van der Waals surface area contributed by atoms with Crippen molar-refractivity contribution in [2.45, 2.75) is 31.9 Å². The second-order valence-electron chi connectivity index (χ2n) is 5.43. The molecule has 0 saturated carbocycles. The van der Waals surface area contributed by atoms with E-state index in [2.05, 4.69) is 4.74 Å². The Morgan fingerprint density at radius 2 is 1.71 bits per heavy atom. The maximum Gasteiger partial charge on any atom is 0.343 e. The highest BCUT2D eigenvalue weighted by molar-refractivity contribution is 6.05. The minimum Gasteiger partial charge on any atom is -0.467 e. The molecule has 2 N–H and O–H groups in total. The van der Waals surface area contributed by atoms with Crippen LogP contribution in [-0.2, 0) is 24.6 Å². The molecule has 1 unspecified atom stereocenters. The number of hydrogen-bond acceptors (Lipinski definition) is 5. The summed E-state index contributed by atoms with van der Waals surface area (Å²) in [7, 11) is 0.996. The van der Waals surface area contributed by atoms with E-state index in [4.69, 9.17) is 10.5 Å². The van der Waals surface area contributed by atoms with Gasteiger partial charge in [0.05, 0.1) is 7.11 Å². The third-order valence-electron chi connectivity index (χ3n) is 2.58. The molecule has 116 valence electrons. The van der Waals surface area contributed by atoms with E-state index in [0.717, 1.165) is 19.2 Å². The smallest absolute Gasteiger partial charge is 0.343 e. The van der Waals surface area contributed by atoms with Gasteiger partial charge in [0.2, 0.25) is 5.54 Å². The number of benzene rings is 1. The molecule has 0 bridgehead atoms. The standard InChI is InChI=1S/C14H17F2NO4/c1-13(2,3)21-12(19)14(17,11(18)20-4)9-6-5-8(15)7-10(9)16/h5-7H,17H2,1-4H3. The molecular formula is C14H17F2NO4. The lowest BCUT2D eigenvalue weighted by Gasteiger charge is -2.29. The highest BCUT2D eigenvalue weighted by Gasteiger charge is 2.49. The van der Waals surface area contributed by atoms with Gasteiger partial charge in [0.15, 0.2) is 0 Å². The number of nitrogens with two attached hydrogens (primary N) is 1. The van der Waals surface area contributed by atoms with Crippen LogP contribution in [0.25, 0.3) is 0 Å². The molecule has 1 aromatic rings. The van der Waals surface area contributed by atoms with Crippen LogP contribution in [-0.4, -0.2) is 24.6 Å². The molecule has 1 rings (SSSR count). The van der Waals surface area contributed by atoms with Gasteiger partial charge in [0.25, 0.3) is 0 Å². The maximum absolute atomic E-state index is 13.9. The number of carbonyl (C=O) groups excluding carboxylic acids is 2. The van der Waals surface area contributed by atoms with Gasteiger partial charge in [-0.05, 0) is 26.8 Å². The molecule has 1 atom stereocenters. The molecule has 0 aliphatic carbocycles. The van der Waals surface area contributed by atoms with Gasteiger partial charge < -0.3 is 15.2 Å². The van der Waals surface area contributed by atoms with Crippen LogP contribution in [0.5, 0.6) is 0 Å². The lowest BCUT2D eigenvalue weighted by Crippen LogP contribution is -2.55. The van der Waals surface area contributed by atoms with Gasteiger partial charge in [-0.25, -0.2) is 18.4 Å². The average molecular weight is 301 g/mol. The normalized spacial score (nSPS) is 14.2. The van der Waals surface area contributed by atoms with Gasteiger partial charge in [-0.15, -0.1) is 0 Å². The van der Waals surface area contributed by atoms with E-state index in [0.29, 0.717) is 6.07 Å². The highest BCUT2D eigenvalue weighted by atomic mass is 19.1. The Hall–Kier alpha value is -2.02. The van der Waals surface area contributed by atoms with E-state index < -0.39 is 40.3 Å². The highest BCUT2D eigenvalue weighted by Crippen LogP contribution is 2.27. The van der Waals surface area contributed by atoms with E-state index in [1.807, 2.05) is 0 Å². The van der Waals surface area contributed by atoms with Crippen molar-refractivity contribution in [2.75, 3.05) is 7.11 Å². The largest absolute Gasteiger partial charge is 0.467 e. The summed E-state index contributed by atoms with van der Waals surface area (Å²) in [5, 5.41) is 0. The van der Waals surface area contributed by atoms with Crippen molar-refractivity contribution >= 4 is 11.9 Å². The molecule has 1 aromatic carbocycles. The zero-order valence-corrected chi connectivity index (χ0v) is 12.2. The fourth-order valence-corrected chi connectivity index (χ4v) is 1.63. The van der Waals surface area contributed by atoms with Gasteiger partial charge >= 0.3 is 11.9 Å². The van der Waals surface area contributed by atoms with Crippen molar-refractivity contribution in [1.82, 2.24) is 0 Å². The summed E-state index contributed by atoms with van der Waals surface area (Å²) < 4.78 is 36.4. The maximum atomic E-state index is 13.9. The van der Waals surface area contributed by atoms with Gasteiger partial charge in [0, 0.05) is 11.6 Å². The molecule has 0 aliphatic heterocycles. The van der Waals surface area contributed by atoms with Crippen molar-refractivity contribution < 1.29 is 27.8 Å². The van der Waals surface area contributed by atoms with Crippen molar-refractivity contribution in [2.24, 2.45) is 5.73 Å². The second-order valence-corrected chi connectivity index (χ2v) is 5.43. The molecular weight excluding hydrogens is 284 g/mol. The summed E-state index contributed by atoms with van der Waals surface area (Å²) in [6, 6.07) is 2.31. The SMILES string of the molecule is COC(=O)C(N)(C(=O)OC(C)(C)C)c1ccc(F)cc1F. The Morgan fingerprint density at radius 1 is 1.14 bits per heavy atom. The number of carbonyl (C=O) groups is 2.